The Morgan fingerprint density at radius 3 is 1.36 bits per heavy atom. The predicted octanol–water partition coefficient (Wildman–Crippen LogP) is 6.54. The van der Waals surface area contributed by atoms with E-state index in [2.05, 4.69) is 0 Å². The lowest BCUT2D eigenvalue weighted by Gasteiger charge is -2.38. The maximum Gasteiger partial charge on any atom is 0.338 e. The fraction of sp³-hybridized carbons (Fsp3) is 0.206. The molecule has 0 aromatic heterocycles. The minimum Gasteiger partial charge on any atom is -0.452 e. The molecule has 0 radical (unpaired) electrons. The van der Waals surface area contributed by atoms with Crippen LogP contribution in [0.25, 0.3) is 0 Å². The fourth-order valence-electron chi connectivity index (χ4n) is 4.51. The van der Waals surface area contributed by atoms with Gasteiger partial charge in [0.2, 0.25) is 0 Å². The third-order valence-electron chi connectivity index (χ3n) is 6.57. The molecule has 0 bridgehead atoms. The van der Waals surface area contributed by atoms with Gasteiger partial charge >= 0.3 is 5.97 Å². The van der Waals surface area contributed by atoms with Crippen molar-refractivity contribution in [3.63, 3.8) is 0 Å². The summed E-state index contributed by atoms with van der Waals surface area (Å²) in [6.45, 7) is 1.13. The lowest BCUT2D eigenvalue weighted by atomic mass is 9.95. The average Bonchev–Trinajstić information content (AvgIpc) is 3.00. The molecule has 0 heterocycles. The quantitative estimate of drug-likeness (QED) is 0.166. The van der Waals surface area contributed by atoms with Gasteiger partial charge in [-0.3, -0.25) is 0 Å². The molecule has 0 spiro atoms. The van der Waals surface area contributed by atoms with E-state index in [1.165, 1.54) is 0 Å². The van der Waals surface area contributed by atoms with Gasteiger partial charge in [-0.2, -0.15) is 0 Å². The molecule has 5 rings (SSSR count). The average molecular weight is 521 g/mol. The summed E-state index contributed by atoms with van der Waals surface area (Å²) < 4.78 is 25.3. The van der Waals surface area contributed by atoms with Crippen LogP contribution in [0, 0.1) is 0 Å². The number of rotatable bonds is 11. The molecule has 0 fully saturated rings. The molecular weight excluding hydrogens is 488 g/mol. The summed E-state index contributed by atoms with van der Waals surface area (Å²) in [5.41, 5.74) is 3.60. The lowest BCUT2D eigenvalue weighted by molar-refractivity contribution is -0.168. The molecule has 4 aromatic rings. The Morgan fingerprint density at radius 2 is 0.872 bits per heavy atom. The van der Waals surface area contributed by atoms with E-state index in [4.69, 9.17) is 18.9 Å². The van der Waals surface area contributed by atoms with Crippen molar-refractivity contribution >= 4 is 5.97 Å². The van der Waals surface area contributed by atoms with Crippen LogP contribution in [0.4, 0.5) is 0 Å². The van der Waals surface area contributed by atoms with Gasteiger partial charge in [-0.15, -0.1) is 0 Å². The molecule has 4 aromatic carbocycles. The highest BCUT2D eigenvalue weighted by Crippen LogP contribution is 2.28. The minimum absolute atomic E-state index is 0.343. The number of esters is 1. The Balaban J connectivity index is 1.40. The zero-order valence-corrected chi connectivity index (χ0v) is 21.7. The number of carbonyl (C=O) groups excluding carboxylic acids is 1. The number of hydrogen-bond donors (Lipinski definition) is 0. The number of hydrogen-bond acceptors (Lipinski definition) is 5. The lowest BCUT2D eigenvalue weighted by Crippen LogP contribution is -2.51. The minimum atomic E-state index is -0.654. The third-order valence-corrected chi connectivity index (χ3v) is 6.57. The molecule has 0 saturated carbocycles. The molecular formula is C34H32O5. The maximum absolute atomic E-state index is 13.0. The summed E-state index contributed by atoms with van der Waals surface area (Å²) in [7, 11) is 0. The van der Waals surface area contributed by atoms with Crippen molar-refractivity contribution in [3.8, 4) is 0 Å². The molecule has 0 amide bonds. The fourth-order valence-corrected chi connectivity index (χ4v) is 4.51. The van der Waals surface area contributed by atoms with Crippen molar-refractivity contribution in [1.82, 2.24) is 0 Å². The normalized spacial score (nSPS) is 20.4. The Bertz CT molecular complexity index is 1310. The van der Waals surface area contributed by atoms with E-state index in [-0.39, 0.29) is 0 Å². The van der Waals surface area contributed by atoms with E-state index < -0.39 is 30.4 Å². The molecule has 5 nitrogen and oxygen atoms in total. The van der Waals surface area contributed by atoms with Crippen LogP contribution in [0.15, 0.2) is 133 Å². The molecule has 1 aliphatic rings. The Kier molecular flexibility index (Phi) is 9.32. The summed E-state index contributed by atoms with van der Waals surface area (Å²) in [5, 5.41) is 0. The largest absolute Gasteiger partial charge is 0.452 e. The highest BCUT2D eigenvalue weighted by molar-refractivity contribution is 5.89. The first-order valence-electron chi connectivity index (χ1n) is 13.2. The second-order valence-electron chi connectivity index (χ2n) is 9.40. The van der Waals surface area contributed by atoms with Gasteiger partial charge in [0.05, 0.1) is 25.4 Å². The first kappa shape index (κ1) is 26.6. The van der Waals surface area contributed by atoms with Crippen LogP contribution < -0.4 is 0 Å². The molecule has 4 atom stereocenters. The monoisotopic (exact) mass is 520 g/mol. The van der Waals surface area contributed by atoms with E-state index in [1.54, 1.807) is 12.1 Å². The van der Waals surface area contributed by atoms with Gasteiger partial charge in [-0.05, 0) is 34.9 Å². The summed E-state index contributed by atoms with van der Waals surface area (Å²) in [5.74, 6) is -0.413. The van der Waals surface area contributed by atoms with Gasteiger partial charge in [0, 0.05) is 0 Å². The Hall–Kier alpha value is -4.03. The molecule has 0 unspecified atom stereocenters. The Morgan fingerprint density at radius 1 is 0.487 bits per heavy atom. The van der Waals surface area contributed by atoms with Crippen LogP contribution in [0.3, 0.4) is 0 Å². The van der Waals surface area contributed by atoms with Crippen molar-refractivity contribution in [3.05, 3.63) is 156 Å². The number of ether oxygens (including phenoxy) is 4. The smallest absolute Gasteiger partial charge is 0.338 e. The van der Waals surface area contributed by atoms with Gasteiger partial charge in [0.25, 0.3) is 0 Å². The Labute approximate surface area is 229 Å². The standard InChI is InChI=1S/C34H32O5/c35-34(29-19-11-4-12-20-29)39-31-22-21-30(36-23-26-13-5-1-6-14-26)32(37-24-27-15-7-2-8-16-27)33(31)38-25-28-17-9-3-10-18-28/h1-22,30-33H,23-25H2/t30-,31-,32+,33+/m1/s1. The zero-order chi connectivity index (χ0) is 26.7. The van der Waals surface area contributed by atoms with E-state index in [1.807, 2.05) is 121 Å². The SMILES string of the molecule is O=C(O[C@@H]1C=C[C@@H](OCc2ccccc2)[C@H](OCc2ccccc2)[C@H]1OCc1ccccc1)c1ccccc1. The molecule has 0 N–H and O–H groups in total. The highest BCUT2D eigenvalue weighted by atomic mass is 16.6. The van der Waals surface area contributed by atoms with Gasteiger partial charge < -0.3 is 18.9 Å². The van der Waals surface area contributed by atoms with E-state index in [9.17, 15) is 4.79 Å². The van der Waals surface area contributed by atoms with Crippen molar-refractivity contribution < 1.29 is 23.7 Å². The molecule has 0 saturated heterocycles. The van der Waals surface area contributed by atoms with Crippen molar-refractivity contribution in [2.24, 2.45) is 0 Å². The predicted molar refractivity (Wildman–Crippen MR) is 150 cm³/mol. The van der Waals surface area contributed by atoms with E-state index in [0.717, 1.165) is 16.7 Å². The third kappa shape index (κ3) is 7.52. The van der Waals surface area contributed by atoms with Crippen molar-refractivity contribution in [1.29, 1.82) is 0 Å². The van der Waals surface area contributed by atoms with Gasteiger partial charge in [0.1, 0.15) is 24.4 Å². The van der Waals surface area contributed by atoms with Gasteiger partial charge in [-0.1, -0.05) is 115 Å². The van der Waals surface area contributed by atoms with Gasteiger partial charge in [0.15, 0.2) is 0 Å². The van der Waals surface area contributed by atoms with Crippen LogP contribution in [-0.4, -0.2) is 30.4 Å². The van der Waals surface area contributed by atoms with Crippen molar-refractivity contribution in [2.45, 2.75) is 44.2 Å². The van der Waals surface area contributed by atoms with Crippen LogP contribution in [-0.2, 0) is 38.8 Å². The molecule has 1 aliphatic carbocycles. The van der Waals surface area contributed by atoms with Gasteiger partial charge in [-0.25, -0.2) is 4.79 Å². The maximum atomic E-state index is 13.0. The summed E-state index contributed by atoms with van der Waals surface area (Å²) >= 11 is 0. The molecule has 5 heteroatoms. The second-order valence-corrected chi connectivity index (χ2v) is 9.40. The van der Waals surface area contributed by atoms with Crippen LogP contribution in [0.2, 0.25) is 0 Å². The van der Waals surface area contributed by atoms with E-state index >= 15 is 0 Å². The van der Waals surface area contributed by atoms with Crippen LogP contribution in [0.1, 0.15) is 27.0 Å². The summed E-state index contributed by atoms with van der Waals surface area (Å²) in [6.07, 6.45) is 1.61. The number of carbonyl (C=O) groups is 1. The molecule has 39 heavy (non-hydrogen) atoms. The zero-order valence-electron chi connectivity index (χ0n) is 21.7. The molecule has 0 aliphatic heterocycles. The highest BCUT2D eigenvalue weighted by Gasteiger charge is 2.41. The van der Waals surface area contributed by atoms with Crippen molar-refractivity contribution in [2.75, 3.05) is 0 Å². The summed E-state index contributed by atoms with van der Waals surface area (Å²) in [6, 6.07) is 38.9. The second kappa shape index (κ2) is 13.7. The van der Waals surface area contributed by atoms with Crippen LogP contribution >= 0.6 is 0 Å². The first-order chi connectivity index (χ1) is 19.3. The molecule has 198 valence electrons. The summed E-state index contributed by atoms with van der Waals surface area (Å²) in [4.78, 5) is 13.0. The van der Waals surface area contributed by atoms with Crippen LogP contribution in [0.5, 0.6) is 0 Å². The topological polar surface area (TPSA) is 54.0 Å². The van der Waals surface area contributed by atoms with E-state index in [0.29, 0.717) is 25.4 Å². The first-order valence-corrected chi connectivity index (χ1v) is 13.2. The number of benzene rings is 4.